The third-order valence-electron chi connectivity index (χ3n) is 4.85. The molecule has 0 bridgehead atoms. The average molecular weight is 362 g/mol. The molecule has 0 aliphatic rings. The van der Waals surface area contributed by atoms with Crippen LogP contribution in [0.2, 0.25) is 5.04 Å². The molecule has 0 amide bonds. The lowest BCUT2D eigenvalue weighted by molar-refractivity contribution is 0.286. The van der Waals surface area contributed by atoms with Gasteiger partial charge in [0.05, 0.1) is 6.61 Å². The molecule has 0 saturated heterocycles. The Bertz CT molecular complexity index is 784. The Labute approximate surface area is 157 Å². The van der Waals surface area contributed by atoms with Gasteiger partial charge >= 0.3 is 0 Å². The summed E-state index contributed by atoms with van der Waals surface area (Å²) in [5, 5.41) is 2.59. The van der Waals surface area contributed by atoms with Crippen molar-refractivity contribution in [3.63, 3.8) is 0 Å². The van der Waals surface area contributed by atoms with E-state index in [4.69, 9.17) is 10.2 Å². The molecular formula is C23H27NOSi. The highest BCUT2D eigenvalue weighted by atomic mass is 28.4. The molecular weight excluding hydrogens is 334 g/mol. The lowest BCUT2D eigenvalue weighted by Crippen LogP contribution is -2.66. The molecule has 3 rings (SSSR count). The Morgan fingerprint density at radius 3 is 1.62 bits per heavy atom. The van der Waals surface area contributed by atoms with Gasteiger partial charge in [-0.15, -0.1) is 0 Å². The van der Waals surface area contributed by atoms with Crippen LogP contribution in [0.1, 0.15) is 26.3 Å². The first-order chi connectivity index (χ1) is 12.4. The van der Waals surface area contributed by atoms with Gasteiger partial charge in [-0.25, -0.2) is 0 Å². The summed E-state index contributed by atoms with van der Waals surface area (Å²) >= 11 is 0. The van der Waals surface area contributed by atoms with E-state index in [0.29, 0.717) is 6.61 Å². The zero-order chi connectivity index (χ0) is 18.6. The van der Waals surface area contributed by atoms with Crippen LogP contribution in [0, 0.1) is 0 Å². The molecule has 0 fully saturated rings. The first-order valence-electron chi connectivity index (χ1n) is 9.03. The van der Waals surface area contributed by atoms with Crippen molar-refractivity contribution in [2.24, 2.45) is 0 Å². The van der Waals surface area contributed by atoms with Gasteiger partial charge < -0.3 is 10.2 Å². The number of anilines is 1. The Morgan fingerprint density at radius 1 is 0.731 bits per heavy atom. The van der Waals surface area contributed by atoms with Crippen molar-refractivity contribution >= 4 is 24.4 Å². The predicted octanol–water partition coefficient (Wildman–Crippen LogP) is 4.35. The maximum atomic E-state index is 6.89. The quantitative estimate of drug-likeness (QED) is 0.542. The van der Waals surface area contributed by atoms with Crippen LogP contribution in [0.25, 0.3) is 0 Å². The number of nitrogens with two attached hydrogens (primary N) is 1. The zero-order valence-corrected chi connectivity index (χ0v) is 16.8. The highest BCUT2D eigenvalue weighted by Gasteiger charge is 2.50. The molecule has 3 heteroatoms. The maximum absolute atomic E-state index is 6.89. The van der Waals surface area contributed by atoms with Crippen molar-refractivity contribution in [2.45, 2.75) is 32.4 Å². The van der Waals surface area contributed by atoms with Crippen LogP contribution >= 0.6 is 0 Å². The molecule has 0 heterocycles. The van der Waals surface area contributed by atoms with Gasteiger partial charge in [-0.2, -0.15) is 0 Å². The van der Waals surface area contributed by atoms with Crippen LogP contribution in [0.15, 0.2) is 84.9 Å². The van der Waals surface area contributed by atoms with Crippen molar-refractivity contribution in [1.29, 1.82) is 0 Å². The lowest BCUT2D eigenvalue weighted by Gasteiger charge is -2.43. The Morgan fingerprint density at radius 2 is 1.19 bits per heavy atom. The fourth-order valence-corrected chi connectivity index (χ4v) is 8.11. The van der Waals surface area contributed by atoms with Crippen LogP contribution < -0.4 is 16.1 Å². The third-order valence-corrected chi connectivity index (χ3v) is 9.83. The molecule has 0 radical (unpaired) electrons. The highest BCUT2D eigenvalue weighted by molar-refractivity contribution is 6.99. The molecule has 134 valence electrons. The molecule has 26 heavy (non-hydrogen) atoms. The smallest absolute Gasteiger partial charge is 0.261 e. The summed E-state index contributed by atoms with van der Waals surface area (Å²) in [4.78, 5) is 0. The number of hydrogen-bond acceptors (Lipinski definition) is 2. The molecule has 3 aromatic rings. The van der Waals surface area contributed by atoms with Gasteiger partial charge in [-0.1, -0.05) is 93.6 Å². The average Bonchev–Trinajstić information content (AvgIpc) is 2.64. The molecule has 2 N–H and O–H groups in total. The van der Waals surface area contributed by atoms with E-state index >= 15 is 0 Å². The lowest BCUT2D eigenvalue weighted by atomic mass is 10.2. The molecule has 3 aromatic carbocycles. The summed E-state index contributed by atoms with van der Waals surface area (Å²) in [5.41, 5.74) is 7.75. The highest BCUT2D eigenvalue weighted by Crippen LogP contribution is 2.37. The summed E-state index contributed by atoms with van der Waals surface area (Å²) in [7, 11) is -2.48. The van der Waals surface area contributed by atoms with Crippen LogP contribution in [0.4, 0.5) is 5.69 Å². The third kappa shape index (κ3) is 3.59. The predicted molar refractivity (Wildman–Crippen MR) is 113 cm³/mol. The van der Waals surface area contributed by atoms with E-state index in [0.717, 1.165) is 11.3 Å². The second kappa shape index (κ2) is 7.48. The molecule has 0 aliphatic heterocycles. The van der Waals surface area contributed by atoms with Crippen LogP contribution in [-0.2, 0) is 11.0 Å². The number of nitrogen functional groups attached to an aromatic ring is 1. The van der Waals surface area contributed by atoms with E-state index in [2.05, 4.69) is 81.4 Å². The van der Waals surface area contributed by atoms with Crippen LogP contribution in [-0.4, -0.2) is 8.32 Å². The SMILES string of the molecule is CC(C)(C)[Si](OCc1ccc(N)cc1)(c1ccccc1)c1ccccc1. The Balaban J connectivity index is 2.09. The van der Waals surface area contributed by atoms with Crippen LogP contribution in [0.5, 0.6) is 0 Å². The minimum Gasteiger partial charge on any atom is -0.403 e. The molecule has 0 saturated carbocycles. The van der Waals surface area contributed by atoms with Gasteiger partial charge in [0, 0.05) is 5.69 Å². The monoisotopic (exact) mass is 361 g/mol. The largest absolute Gasteiger partial charge is 0.403 e. The standard InChI is InChI=1S/C23H27NOSi/c1-23(2,3)26(21-10-6-4-7-11-21,22-12-8-5-9-13-22)25-18-19-14-16-20(24)17-15-19/h4-17H,18,24H2,1-3H3. The summed E-state index contributed by atoms with van der Waals surface area (Å²) in [6.45, 7) is 7.46. The normalized spacial score (nSPS) is 12.1. The maximum Gasteiger partial charge on any atom is 0.261 e. The van der Waals surface area contributed by atoms with Crippen molar-refractivity contribution in [2.75, 3.05) is 5.73 Å². The molecule has 0 aromatic heterocycles. The molecule has 0 atom stereocenters. The fraction of sp³-hybridized carbons (Fsp3) is 0.217. The summed E-state index contributed by atoms with van der Waals surface area (Å²) in [6, 6.07) is 29.4. The number of benzene rings is 3. The van der Waals surface area contributed by atoms with Crippen molar-refractivity contribution < 1.29 is 4.43 Å². The number of rotatable bonds is 5. The van der Waals surface area contributed by atoms with Gasteiger partial charge in [0.15, 0.2) is 0 Å². The fourth-order valence-electron chi connectivity index (χ4n) is 3.57. The second-order valence-electron chi connectivity index (χ2n) is 7.69. The number of hydrogen-bond donors (Lipinski definition) is 1. The first kappa shape index (κ1) is 18.4. The van der Waals surface area contributed by atoms with Gasteiger partial charge in [0.1, 0.15) is 0 Å². The summed E-state index contributed by atoms with van der Waals surface area (Å²) < 4.78 is 6.89. The molecule has 0 aliphatic carbocycles. The second-order valence-corrected chi connectivity index (χ2v) is 12.0. The van der Waals surface area contributed by atoms with E-state index in [1.54, 1.807) is 0 Å². The summed E-state index contributed by atoms with van der Waals surface area (Å²) in [6.07, 6.45) is 0. The van der Waals surface area contributed by atoms with Gasteiger partial charge in [-0.05, 0) is 33.1 Å². The van der Waals surface area contributed by atoms with Gasteiger partial charge in [0.2, 0.25) is 0 Å². The first-order valence-corrected chi connectivity index (χ1v) is 10.9. The van der Waals surface area contributed by atoms with E-state index in [1.807, 2.05) is 24.3 Å². The van der Waals surface area contributed by atoms with Crippen molar-refractivity contribution in [3.05, 3.63) is 90.5 Å². The zero-order valence-electron chi connectivity index (χ0n) is 15.8. The van der Waals surface area contributed by atoms with E-state index in [9.17, 15) is 0 Å². The van der Waals surface area contributed by atoms with Crippen molar-refractivity contribution in [1.82, 2.24) is 0 Å². The minimum atomic E-state index is -2.48. The van der Waals surface area contributed by atoms with Gasteiger partial charge in [-0.3, -0.25) is 0 Å². The van der Waals surface area contributed by atoms with E-state index in [1.165, 1.54) is 10.4 Å². The molecule has 0 spiro atoms. The van der Waals surface area contributed by atoms with Crippen LogP contribution in [0.3, 0.4) is 0 Å². The van der Waals surface area contributed by atoms with E-state index < -0.39 is 8.32 Å². The Kier molecular flexibility index (Phi) is 5.30. The topological polar surface area (TPSA) is 35.2 Å². The van der Waals surface area contributed by atoms with E-state index in [-0.39, 0.29) is 5.04 Å². The van der Waals surface area contributed by atoms with Crippen molar-refractivity contribution in [3.8, 4) is 0 Å². The minimum absolute atomic E-state index is 0.0104. The Hall–Kier alpha value is -2.36. The summed E-state index contributed by atoms with van der Waals surface area (Å²) in [5.74, 6) is 0. The van der Waals surface area contributed by atoms with Gasteiger partial charge in [0.25, 0.3) is 8.32 Å². The molecule has 0 unspecified atom stereocenters. The molecule has 2 nitrogen and oxygen atoms in total.